The summed E-state index contributed by atoms with van der Waals surface area (Å²) in [6.07, 6.45) is 3.39. The number of benzene rings is 1. The van der Waals surface area contributed by atoms with Gasteiger partial charge in [0.15, 0.2) is 5.95 Å². The molecule has 1 aromatic carbocycles. The van der Waals surface area contributed by atoms with Crippen molar-refractivity contribution in [3.05, 3.63) is 30.7 Å². The molecule has 2 aromatic heterocycles. The molecule has 0 unspecified atom stereocenters. The Balaban J connectivity index is 2.18. The van der Waals surface area contributed by atoms with Crippen molar-refractivity contribution in [1.29, 1.82) is 0 Å². The number of fused-ring (bicyclic) bond motifs is 1. The van der Waals surface area contributed by atoms with E-state index in [0.29, 0.717) is 5.95 Å². The van der Waals surface area contributed by atoms with Gasteiger partial charge >= 0.3 is 0 Å². The number of hydrogen-bond donors (Lipinski definition) is 3. The molecule has 5 heteroatoms. The number of nitrogens with zero attached hydrogens (tertiary/aromatic N) is 2. The molecular formula is C10H9N5. The highest BCUT2D eigenvalue weighted by atomic mass is 15.0. The van der Waals surface area contributed by atoms with E-state index in [1.165, 1.54) is 0 Å². The second-order valence-electron chi connectivity index (χ2n) is 3.32. The average molecular weight is 199 g/mol. The molecule has 2 heterocycles. The van der Waals surface area contributed by atoms with Crippen molar-refractivity contribution in [3.8, 4) is 11.3 Å². The summed E-state index contributed by atoms with van der Waals surface area (Å²) in [5.41, 5.74) is 9.42. The highest BCUT2D eigenvalue weighted by molar-refractivity contribution is 5.80. The van der Waals surface area contributed by atoms with Gasteiger partial charge in [0, 0.05) is 5.56 Å². The third-order valence-electron chi connectivity index (χ3n) is 2.33. The summed E-state index contributed by atoms with van der Waals surface area (Å²) in [5.74, 6) is 0.426. The lowest BCUT2D eigenvalue weighted by molar-refractivity contribution is 1.33. The maximum Gasteiger partial charge on any atom is 0.197 e. The molecule has 0 atom stereocenters. The average Bonchev–Trinajstić information content (AvgIpc) is 2.84. The standard InChI is InChI=1S/C10H9N5/c11-10-12-4-9(15-10)6-1-2-7-8(3-6)14-5-13-7/h1-5H,(H,13,14)(H3,11,12,15). The molecule has 3 rings (SSSR count). The van der Waals surface area contributed by atoms with E-state index in [2.05, 4.69) is 19.9 Å². The number of rotatable bonds is 1. The van der Waals surface area contributed by atoms with Crippen LogP contribution in [0, 0.1) is 0 Å². The van der Waals surface area contributed by atoms with Gasteiger partial charge in [-0.15, -0.1) is 0 Å². The quantitative estimate of drug-likeness (QED) is 0.555. The Bertz CT molecular complexity index is 607. The molecule has 5 nitrogen and oxygen atoms in total. The van der Waals surface area contributed by atoms with Crippen molar-refractivity contribution >= 4 is 17.0 Å². The molecule has 0 spiro atoms. The first-order valence-corrected chi connectivity index (χ1v) is 4.57. The third kappa shape index (κ3) is 1.25. The van der Waals surface area contributed by atoms with Gasteiger partial charge in [0.25, 0.3) is 0 Å². The van der Waals surface area contributed by atoms with Gasteiger partial charge in [-0.25, -0.2) is 9.97 Å². The zero-order chi connectivity index (χ0) is 10.3. The predicted molar refractivity (Wildman–Crippen MR) is 58.1 cm³/mol. The number of nitrogen functional groups attached to an aromatic ring is 1. The summed E-state index contributed by atoms with van der Waals surface area (Å²) < 4.78 is 0. The summed E-state index contributed by atoms with van der Waals surface area (Å²) in [6.45, 7) is 0. The first kappa shape index (κ1) is 8.05. The van der Waals surface area contributed by atoms with E-state index >= 15 is 0 Å². The fraction of sp³-hybridized carbons (Fsp3) is 0. The van der Waals surface area contributed by atoms with Crippen LogP contribution in [0.25, 0.3) is 22.3 Å². The van der Waals surface area contributed by atoms with Crippen molar-refractivity contribution in [2.45, 2.75) is 0 Å². The Kier molecular flexibility index (Phi) is 1.53. The third-order valence-corrected chi connectivity index (χ3v) is 2.33. The normalized spacial score (nSPS) is 10.9. The molecule has 0 amide bonds. The van der Waals surface area contributed by atoms with E-state index < -0.39 is 0 Å². The minimum absolute atomic E-state index is 0.426. The van der Waals surface area contributed by atoms with Crippen LogP contribution in [0.3, 0.4) is 0 Å². The summed E-state index contributed by atoms with van der Waals surface area (Å²) in [6, 6.07) is 5.95. The van der Waals surface area contributed by atoms with Gasteiger partial charge in [-0.05, 0) is 12.1 Å². The summed E-state index contributed by atoms with van der Waals surface area (Å²) in [5, 5.41) is 0. The van der Waals surface area contributed by atoms with Gasteiger partial charge in [0.1, 0.15) is 0 Å². The Labute approximate surface area is 85.4 Å². The van der Waals surface area contributed by atoms with E-state index in [9.17, 15) is 0 Å². The molecule has 4 N–H and O–H groups in total. The first-order valence-electron chi connectivity index (χ1n) is 4.57. The van der Waals surface area contributed by atoms with Crippen molar-refractivity contribution in [1.82, 2.24) is 19.9 Å². The predicted octanol–water partition coefficient (Wildman–Crippen LogP) is 1.54. The molecule has 0 saturated heterocycles. The number of H-pyrrole nitrogens is 2. The molecule has 0 bridgehead atoms. The molecule has 0 aliphatic carbocycles. The number of imidazole rings is 2. The Morgan fingerprint density at radius 2 is 2.13 bits per heavy atom. The fourth-order valence-corrected chi connectivity index (χ4v) is 1.59. The molecule has 15 heavy (non-hydrogen) atoms. The van der Waals surface area contributed by atoms with Crippen molar-refractivity contribution in [2.24, 2.45) is 0 Å². The van der Waals surface area contributed by atoms with E-state index in [4.69, 9.17) is 5.73 Å². The minimum atomic E-state index is 0.426. The van der Waals surface area contributed by atoms with Crippen LogP contribution >= 0.6 is 0 Å². The van der Waals surface area contributed by atoms with Gasteiger partial charge in [-0.1, -0.05) is 6.07 Å². The highest BCUT2D eigenvalue weighted by Gasteiger charge is 2.03. The number of anilines is 1. The number of aromatic nitrogens is 4. The number of nitrogens with two attached hydrogens (primary N) is 1. The molecular weight excluding hydrogens is 190 g/mol. The fourth-order valence-electron chi connectivity index (χ4n) is 1.59. The zero-order valence-electron chi connectivity index (χ0n) is 7.86. The molecule has 0 aliphatic heterocycles. The topological polar surface area (TPSA) is 83.4 Å². The largest absolute Gasteiger partial charge is 0.369 e. The van der Waals surface area contributed by atoms with Gasteiger partial charge in [-0.2, -0.15) is 0 Å². The van der Waals surface area contributed by atoms with E-state index in [1.807, 2.05) is 18.2 Å². The minimum Gasteiger partial charge on any atom is -0.369 e. The van der Waals surface area contributed by atoms with Gasteiger partial charge < -0.3 is 15.7 Å². The Morgan fingerprint density at radius 1 is 1.20 bits per heavy atom. The molecule has 0 saturated carbocycles. The van der Waals surface area contributed by atoms with E-state index in [-0.39, 0.29) is 0 Å². The molecule has 74 valence electrons. The van der Waals surface area contributed by atoms with Crippen LogP contribution in [-0.2, 0) is 0 Å². The number of aromatic amines is 2. The number of nitrogens with one attached hydrogen (secondary N) is 2. The van der Waals surface area contributed by atoms with Crippen molar-refractivity contribution < 1.29 is 0 Å². The van der Waals surface area contributed by atoms with Crippen LogP contribution in [0.2, 0.25) is 0 Å². The summed E-state index contributed by atoms with van der Waals surface area (Å²) in [4.78, 5) is 14.2. The van der Waals surface area contributed by atoms with Crippen molar-refractivity contribution in [3.63, 3.8) is 0 Å². The number of hydrogen-bond acceptors (Lipinski definition) is 3. The molecule has 3 aromatic rings. The maximum absolute atomic E-state index is 5.52. The summed E-state index contributed by atoms with van der Waals surface area (Å²) >= 11 is 0. The van der Waals surface area contributed by atoms with Crippen LogP contribution in [0.15, 0.2) is 30.7 Å². The van der Waals surface area contributed by atoms with E-state index in [0.717, 1.165) is 22.3 Å². The highest BCUT2D eigenvalue weighted by Crippen LogP contribution is 2.21. The van der Waals surface area contributed by atoms with Crippen LogP contribution < -0.4 is 5.73 Å². The van der Waals surface area contributed by atoms with Crippen LogP contribution in [0.1, 0.15) is 0 Å². The first-order chi connectivity index (χ1) is 7.33. The van der Waals surface area contributed by atoms with Gasteiger partial charge in [0.05, 0.1) is 29.3 Å². The van der Waals surface area contributed by atoms with Gasteiger partial charge in [0.2, 0.25) is 0 Å². The second kappa shape index (κ2) is 2.84. The SMILES string of the molecule is Nc1ncc(-c2ccc3nc[nH]c3c2)[nH]1. The maximum atomic E-state index is 5.52. The Hall–Kier alpha value is -2.30. The van der Waals surface area contributed by atoms with Crippen LogP contribution in [-0.4, -0.2) is 19.9 Å². The lowest BCUT2D eigenvalue weighted by Gasteiger charge is -1.96. The molecule has 0 aliphatic rings. The van der Waals surface area contributed by atoms with Crippen LogP contribution in [0.4, 0.5) is 5.95 Å². The lowest BCUT2D eigenvalue weighted by Crippen LogP contribution is -1.85. The summed E-state index contributed by atoms with van der Waals surface area (Å²) in [7, 11) is 0. The molecule has 0 fully saturated rings. The van der Waals surface area contributed by atoms with E-state index in [1.54, 1.807) is 12.5 Å². The zero-order valence-corrected chi connectivity index (χ0v) is 7.86. The van der Waals surface area contributed by atoms with Crippen molar-refractivity contribution in [2.75, 3.05) is 5.73 Å². The van der Waals surface area contributed by atoms with Crippen LogP contribution in [0.5, 0.6) is 0 Å². The molecule has 0 radical (unpaired) electrons. The lowest BCUT2D eigenvalue weighted by atomic mass is 10.1. The van der Waals surface area contributed by atoms with Gasteiger partial charge in [-0.3, -0.25) is 0 Å². The monoisotopic (exact) mass is 199 g/mol. The second-order valence-corrected chi connectivity index (χ2v) is 3.32. The smallest absolute Gasteiger partial charge is 0.197 e. The Morgan fingerprint density at radius 3 is 2.93 bits per heavy atom.